The molecule has 2 aromatic carbocycles. The Kier molecular flexibility index (Phi) is 6.30. The van der Waals surface area contributed by atoms with Crippen molar-refractivity contribution < 1.29 is 23.1 Å². The van der Waals surface area contributed by atoms with Gasteiger partial charge in [0.1, 0.15) is 0 Å². The van der Waals surface area contributed by atoms with E-state index >= 15 is 0 Å². The molecule has 182 valence electrons. The van der Waals surface area contributed by atoms with Crippen molar-refractivity contribution >= 4 is 21.9 Å². The van der Waals surface area contributed by atoms with E-state index in [1.165, 1.54) is 4.31 Å². The molecule has 0 radical (unpaired) electrons. The fourth-order valence-corrected chi connectivity index (χ4v) is 7.25. The van der Waals surface area contributed by atoms with Gasteiger partial charge in [-0.2, -0.15) is 4.31 Å². The number of benzene rings is 2. The molecule has 1 spiro atoms. The van der Waals surface area contributed by atoms with Gasteiger partial charge in [0.25, 0.3) is 0 Å². The molecule has 0 saturated carbocycles. The number of nitrogens with zero attached hydrogens (tertiary/aromatic N) is 2. The summed E-state index contributed by atoms with van der Waals surface area (Å²) in [7, 11) is -3.65. The first-order chi connectivity index (χ1) is 15.9. The molecule has 0 unspecified atom stereocenters. The second-order valence-electron chi connectivity index (χ2n) is 9.45. The highest BCUT2D eigenvalue weighted by Crippen LogP contribution is 2.35. The Morgan fingerprint density at radius 2 is 1.65 bits per heavy atom. The number of carboxylic acid groups (broad SMARTS) is 1. The number of hydrogen-bond donors (Lipinski definition) is 2. The minimum absolute atomic E-state index is 0.0403. The van der Waals surface area contributed by atoms with Crippen LogP contribution in [0.2, 0.25) is 0 Å². The van der Waals surface area contributed by atoms with E-state index in [1.54, 1.807) is 30.0 Å². The highest BCUT2D eigenvalue weighted by molar-refractivity contribution is 7.89. The highest BCUT2D eigenvalue weighted by atomic mass is 32.2. The highest BCUT2D eigenvalue weighted by Gasteiger charge is 2.48. The summed E-state index contributed by atoms with van der Waals surface area (Å²) in [4.78, 5) is 26.2. The van der Waals surface area contributed by atoms with Crippen molar-refractivity contribution in [2.75, 3.05) is 19.6 Å². The molecular weight excluding hydrogens is 454 g/mol. The molecule has 8 nitrogen and oxygen atoms in total. The van der Waals surface area contributed by atoms with Crippen LogP contribution >= 0.6 is 0 Å². The second-order valence-corrected chi connectivity index (χ2v) is 11.3. The van der Waals surface area contributed by atoms with Crippen LogP contribution in [0.4, 0.5) is 0 Å². The maximum Gasteiger partial charge on any atom is 0.335 e. The number of nitrogens with one attached hydrogen (secondary N) is 1. The number of hydrogen-bond acceptors (Lipinski definition) is 5. The Morgan fingerprint density at radius 3 is 2.21 bits per heavy atom. The van der Waals surface area contributed by atoms with Crippen molar-refractivity contribution in [2.24, 2.45) is 0 Å². The van der Waals surface area contributed by atoms with Crippen LogP contribution in [-0.2, 0) is 21.4 Å². The first kappa shape index (κ1) is 24.4. The minimum atomic E-state index is -3.65. The average molecular weight is 486 g/mol. The van der Waals surface area contributed by atoms with Crippen LogP contribution < -0.4 is 5.32 Å². The molecular formula is C25H31N3O5S. The number of carbonyl (C=O) groups excluding carboxylic acids is 1. The van der Waals surface area contributed by atoms with Crippen molar-refractivity contribution in [3.05, 3.63) is 63.7 Å². The molecule has 2 saturated heterocycles. The van der Waals surface area contributed by atoms with Crippen LogP contribution in [0, 0.1) is 27.7 Å². The van der Waals surface area contributed by atoms with Gasteiger partial charge in [0.2, 0.25) is 15.9 Å². The Balaban J connectivity index is 1.54. The number of amides is 1. The summed E-state index contributed by atoms with van der Waals surface area (Å²) in [5.41, 5.74) is 3.64. The maximum atomic E-state index is 13.5. The minimum Gasteiger partial charge on any atom is -0.478 e. The van der Waals surface area contributed by atoms with E-state index in [0.717, 1.165) is 22.3 Å². The van der Waals surface area contributed by atoms with Gasteiger partial charge in [-0.15, -0.1) is 0 Å². The molecule has 2 aliphatic rings. The van der Waals surface area contributed by atoms with Crippen LogP contribution in [0.5, 0.6) is 0 Å². The summed E-state index contributed by atoms with van der Waals surface area (Å²) in [5, 5.41) is 12.6. The lowest BCUT2D eigenvalue weighted by Crippen LogP contribution is -2.58. The Labute approximate surface area is 200 Å². The molecule has 2 heterocycles. The van der Waals surface area contributed by atoms with Gasteiger partial charge in [0, 0.05) is 19.6 Å². The maximum absolute atomic E-state index is 13.5. The molecule has 0 aromatic heterocycles. The summed E-state index contributed by atoms with van der Waals surface area (Å²) < 4.78 is 28.5. The molecule has 0 atom stereocenters. The van der Waals surface area contributed by atoms with E-state index in [0.29, 0.717) is 42.9 Å². The zero-order valence-electron chi connectivity index (χ0n) is 20.0. The number of aryl methyl sites for hydroxylation is 4. The summed E-state index contributed by atoms with van der Waals surface area (Å²) in [5.74, 6) is -1.02. The molecule has 4 rings (SSSR count). The predicted octanol–water partition coefficient (Wildman–Crippen LogP) is 2.73. The summed E-state index contributed by atoms with van der Waals surface area (Å²) in [6.45, 7) is 8.51. The van der Waals surface area contributed by atoms with Gasteiger partial charge in [-0.1, -0.05) is 29.8 Å². The van der Waals surface area contributed by atoms with Gasteiger partial charge < -0.3 is 10.0 Å². The van der Waals surface area contributed by atoms with Crippen molar-refractivity contribution in [2.45, 2.75) is 57.6 Å². The Bertz CT molecular complexity index is 1240. The number of rotatable bonds is 5. The van der Waals surface area contributed by atoms with Crippen molar-refractivity contribution in [3.8, 4) is 0 Å². The number of aromatic carboxylic acids is 1. The van der Waals surface area contributed by atoms with Crippen LogP contribution in [0.3, 0.4) is 0 Å². The van der Waals surface area contributed by atoms with Gasteiger partial charge in [0.05, 0.1) is 22.7 Å². The number of piperidine rings is 1. The third-order valence-corrected chi connectivity index (χ3v) is 9.21. The molecule has 2 N–H and O–H groups in total. The van der Waals surface area contributed by atoms with Gasteiger partial charge in [-0.3, -0.25) is 10.1 Å². The van der Waals surface area contributed by atoms with Crippen molar-refractivity contribution in [1.29, 1.82) is 0 Å². The fourth-order valence-electron chi connectivity index (χ4n) is 5.40. The van der Waals surface area contributed by atoms with Crippen molar-refractivity contribution in [1.82, 2.24) is 14.5 Å². The molecule has 0 aliphatic carbocycles. The topological polar surface area (TPSA) is 107 Å². The number of carboxylic acids is 1. The zero-order valence-corrected chi connectivity index (χ0v) is 20.8. The standard InChI is InChI=1S/C25H31N3O5S/c1-16-11-18(3)23(19(4)12-16)34(32,33)27-9-7-25(8-10-27)26-14-22(29)28(25)15-20-5-6-21(24(30)31)17(2)13-20/h5-6,11-13,26H,7-10,14-15H2,1-4H3,(H,30,31). The van der Waals surface area contributed by atoms with E-state index in [9.17, 15) is 23.1 Å². The first-order valence-electron chi connectivity index (χ1n) is 11.4. The van der Waals surface area contributed by atoms with Gasteiger partial charge in [-0.25, -0.2) is 13.2 Å². The lowest BCUT2D eigenvalue weighted by Gasteiger charge is -2.44. The monoisotopic (exact) mass is 485 g/mol. The van der Waals surface area contributed by atoms with E-state index in [2.05, 4.69) is 5.32 Å². The third kappa shape index (κ3) is 4.23. The quantitative estimate of drug-likeness (QED) is 0.675. The molecule has 0 bridgehead atoms. The van der Waals surface area contributed by atoms with Gasteiger partial charge in [-0.05, 0) is 68.9 Å². The molecule has 9 heteroatoms. The smallest absolute Gasteiger partial charge is 0.335 e. The Morgan fingerprint density at radius 1 is 1.03 bits per heavy atom. The largest absolute Gasteiger partial charge is 0.478 e. The molecule has 34 heavy (non-hydrogen) atoms. The van der Waals surface area contributed by atoms with Crippen LogP contribution in [0.15, 0.2) is 35.2 Å². The van der Waals surface area contributed by atoms with E-state index in [1.807, 2.05) is 32.9 Å². The van der Waals surface area contributed by atoms with Gasteiger partial charge in [0.15, 0.2) is 0 Å². The molecule has 2 aliphatic heterocycles. The fraction of sp³-hybridized carbons (Fsp3) is 0.440. The Hall–Kier alpha value is -2.75. The van der Waals surface area contributed by atoms with E-state index in [-0.39, 0.29) is 18.0 Å². The van der Waals surface area contributed by atoms with Crippen LogP contribution in [0.25, 0.3) is 0 Å². The van der Waals surface area contributed by atoms with Gasteiger partial charge >= 0.3 is 5.97 Å². The summed E-state index contributed by atoms with van der Waals surface area (Å²) >= 11 is 0. The first-order valence-corrected chi connectivity index (χ1v) is 12.8. The lowest BCUT2D eigenvalue weighted by molar-refractivity contribution is -0.132. The molecule has 2 aromatic rings. The number of carbonyl (C=O) groups is 2. The van der Waals surface area contributed by atoms with Crippen molar-refractivity contribution in [3.63, 3.8) is 0 Å². The summed E-state index contributed by atoms with van der Waals surface area (Å²) in [6.07, 6.45) is 0.961. The average Bonchev–Trinajstić information content (AvgIpc) is 3.02. The molecule has 1 amide bonds. The lowest BCUT2D eigenvalue weighted by atomic mass is 9.96. The third-order valence-electron chi connectivity index (χ3n) is 7.00. The number of sulfonamides is 1. The van der Waals surface area contributed by atoms with Crippen LogP contribution in [0.1, 0.15) is 51.0 Å². The molecule has 2 fully saturated rings. The second kappa shape index (κ2) is 8.79. The zero-order chi connectivity index (χ0) is 24.8. The summed E-state index contributed by atoms with van der Waals surface area (Å²) in [6, 6.07) is 8.88. The predicted molar refractivity (Wildman–Crippen MR) is 128 cm³/mol. The normalized spacial score (nSPS) is 18.6. The van der Waals surface area contributed by atoms with Crippen LogP contribution in [-0.4, -0.2) is 59.9 Å². The van der Waals surface area contributed by atoms with E-state index < -0.39 is 21.7 Å². The van der Waals surface area contributed by atoms with E-state index in [4.69, 9.17) is 0 Å². The SMILES string of the molecule is Cc1cc(C)c(S(=O)(=O)N2CCC3(CC2)NCC(=O)N3Cc2ccc(C(=O)O)c(C)c2)c(C)c1.